The second-order valence-electron chi connectivity index (χ2n) is 8.27. The molecule has 0 aromatic carbocycles. The van der Waals surface area contributed by atoms with E-state index in [1.807, 2.05) is 0 Å². The minimum Gasteiger partial charge on any atom is -0.375 e. The van der Waals surface area contributed by atoms with E-state index in [-0.39, 0.29) is 5.60 Å². The summed E-state index contributed by atoms with van der Waals surface area (Å²) in [7, 11) is 0. The van der Waals surface area contributed by atoms with E-state index in [4.69, 9.17) is 10.6 Å². The number of hydrazine groups is 1. The Labute approximate surface area is 125 Å². The quantitative estimate of drug-likeness (QED) is 0.611. The van der Waals surface area contributed by atoms with Gasteiger partial charge in [-0.1, -0.05) is 40.5 Å². The van der Waals surface area contributed by atoms with Gasteiger partial charge in [-0.05, 0) is 49.4 Å². The van der Waals surface area contributed by atoms with Crippen LogP contribution in [0.5, 0.6) is 0 Å². The number of nitrogens with two attached hydrogens (primary N) is 1. The van der Waals surface area contributed by atoms with Gasteiger partial charge in [0.1, 0.15) is 0 Å². The molecule has 2 aliphatic rings. The Hall–Kier alpha value is -0.120. The van der Waals surface area contributed by atoms with Crippen LogP contribution in [0.15, 0.2) is 0 Å². The van der Waals surface area contributed by atoms with Crippen molar-refractivity contribution < 1.29 is 4.74 Å². The van der Waals surface area contributed by atoms with E-state index in [0.717, 1.165) is 13.0 Å². The molecule has 20 heavy (non-hydrogen) atoms. The van der Waals surface area contributed by atoms with Crippen LogP contribution < -0.4 is 11.3 Å². The van der Waals surface area contributed by atoms with Crippen molar-refractivity contribution in [3.05, 3.63) is 0 Å². The largest absolute Gasteiger partial charge is 0.375 e. The third-order valence-electron chi connectivity index (χ3n) is 5.91. The maximum absolute atomic E-state index is 6.15. The summed E-state index contributed by atoms with van der Waals surface area (Å²) in [6.07, 6.45) is 8.73. The van der Waals surface area contributed by atoms with Crippen molar-refractivity contribution in [1.29, 1.82) is 0 Å². The smallest absolute Gasteiger partial charge is 0.0685 e. The van der Waals surface area contributed by atoms with Crippen LogP contribution in [0.1, 0.15) is 72.6 Å². The zero-order valence-electron chi connectivity index (χ0n) is 13.9. The second-order valence-corrected chi connectivity index (χ2v) is 8.27. The molecule has 3 atom stereocenters. The zero-order valence-corrected chi connectivity index (χ0v) is 13.9. The summed E-state index contributed by atoms with van der Waals surface area (Å²) in [5.74, 6) is 7.24. The van der Waals surface area contributed by atoms with Crippen LogP contribution in [0.3, 0.4) is 0 Å². The molecule has 0 aromatic heterocycles. The highest BCUT2D eigenvalue weighted by atomic mass is 16.5. The lowest BCUT2D eigenvalue weighted by atomic mass is 9.73. The number of rotatable bonds is 4. The molecule has 0 amide bonds. The van der Waals surface area contributed by atoms with Gasteiger partial charge in [0.05, 0.1) is 5.60 Å². The molecule has 3 heteroatoms. The van der Waals surface area contributed by atoms with E-state index in [1.54, 1.807) is 0 Å². The number of nitrogens with one attached hydrogen (secondary N) is 1. The first-order valence-corrected chi connectivity index (χ1v) is 8.46. The van der Waals surface area contributed by atoms with Crippen LogP contribution in [0.2, 0.25) is 0 Å². The highest BCUT2D eigenvalue weighted by molar-refractivity contribution is 4.94. The van der Waals surface area contributed by atoms with Crippen molar-refractivity contribution in [3.8, 4) is 0 Å². The summed E-state index contributed by atoms with van der Waals surface area (Å²) in [6.45, 7) is 10.3. The molecule has 0 aromatic rings. The van der Waals surface area contributed by atoms with Crippen molar-refractivity contribution in [2.24, 2.45) is 23.1 Å². The van der Waals surface area contributed by atoms with Crippen molar-refractivity contribution in [2.45, 2.75) is 84.3 Å². The number of hydrogen-bond donors (Lipinski definition) is 2. The van der Waals surface area contributed by atoms with E-state index >= 15 is 0 Å². The summed E-state index contributed by atoms with van der Waals surface area (Å²) in [4.78, 5) is 0. The maximum Gasteiger partial charge on any atom is 0.0685 e. The summed E-state index contributed by atoms with van der Waals surface area (Å²) in [5.41, 5.74) is 3.68. The molecule has 0 radical (unpaired) electrons. The van der Waals surface area contributed by atoms with Crippen molar-refractivity contribution in [3.63, 3.8) is 0 Å². The Balaban J connectivity index is 1.96. The van der Waals surface area contributed by atoms with Gasteiger partial charge in [0.25, 0.3) is 0 Å². The molecule has 3 nitrogen and oxygen atoms in total. The van der Waals surface area contributed by atoms with Crippen LogP contribution in [0, 0.1) is 17.3 Å². The molecule has 1 saturated heterocycles. The first kappa shape index (κ1) is 16.3. The average Bonchev–Trinajstić information content (AvgIpc) is 2.82. The predicted molar refractivity (Wildman–Crippen MR) is 84.2 cm³/mol. The fourth-order valence-corrected chi connectivity index (χ4v) is 3.91. The summed E-state index contributed by atoms with van der Waals surface area (Å²) in [5, 5.41) is 0. The minimum absolute atomic E-state index is 0.197. The van der Waals surface area contributed by atoms with Crippen molar-refractivity contribution >= 4 is 0 Å². The molecule has 118 valence electrons. The fraction of sp³-hybridized carbons (Fsp3) is 1.00. The third-order valence-corrected chi connectivity index (χ3v) is 5.91. The van der Waals surface area contributed by atoms with Gasteiger partial charge in [-0.2, -0.15) is 0 Å². The van der Waals surface area contributed by atoms with Gasteiger partial charge in [-0.3, -0.25) is 11.3 Å². The molecule has 2 fully saturated rings. The summed E-state index contributed by atoms with van der Waals surface area (Å²) < 4.78 is 6.15. The topological polar surface area (TPSA) is 47.3 Å². The molecule has 3 N–H and O–H groups in total. The summed E-state index contributed by atoms with van der Waals surface area (Å²) >= 11 is 0. The Morgan fingerprint density at radius 2 is 1.95 bits per heavy atom. The van der Waals surface area contributed by atoms with E-state index in [1.165, 1.54) is 38.5 Å². The van der Waals surface area contributed by atoms with Crippen LogP contribution in [-0.4, -0.2) is 18.2 Å². The Kier molecular flexibility index (Phi) is 5.14. The molecule has 1 saturated carbocycles. The zero-order chi connectivity index (χ0) is 14.8. The molecule has 3 unspecified atom stereocenters. The minimum atomic E-state index is 0.197. The lowest BCUT2D eigenvalue weighted by molar-refractivity contribution is -0.0994. The van der Waals surface area contributed by atoms with Gasteiger partial charge >= 0.3 is 0 Å². The first-order valence-electron chi connectivity index (χ1n) is 8.46. The molecule has 1 heterocycles. The molecule has 1 aliphatic carbocycles. The molecule has 0 bridgehead atoms. The van der Waals surface area contributed by atoms with E-state index < -0.39 is 0 Å². The van der Waals surface area contributed by atoms with E-state index in [9.17, 15) is 0 Å². The first-order chi connectivity index (χ1) is 9.36. The SMILES string of the molecule is CC(CC(NN)C1CCOC2(CCCC2)C1)C(C)(C)C. The van der Waals surface area contributed by atoms with E-state index in [2.05, 4.69) is 33.1 Å². The highest BCUT2D eigenvalue weighted by Crippen LogP contribution is 2.44. The standard InChI is InChI=1S/C17H34N2O/c1-13(16(2,3)4)11-15(19-18)14-7-10-20-17(12-14)8-5-6-9-17/h13-15,19H,5-12,18H2,1-4H3. The maximum atomic E-state index is 6.15. The van der Waals surface area contributed by atoms with Crippen LogP contribution in [0.4, 0.5) is 0 Å². The van der Waals surface area contributed by atoms with Gasteiger partial charge in [0, 0.05) is 12.6 Å². The van der Waals surface area contributed by atoms with Gasteiger partial charge in [-0.15, -0.1) is 0 Å². The molecule has 1 aliphatic heterocycles. The Morgan fingerprint density at radius 3 is 2.50 bits per heavy atom. The van der Waals surface area contributed by atoms with Crippen LogP contribution >= 0.6 is 0 Å². The monoisotopic (exact) mass is 282 g/mol. The average molecular weight is 282 g/mol. The Bertz CT molecular complexity index is 305. The number of ether oxygens (including phenoxy) is 1. The highest BCUT2D eigenvalue weighted by Gasteiger charge is 2.42. The normalized spacial score (nSPS) is 29.6. The van der Waals surface area contributed by atoms with Gasteiger partial charge in [0.15, 0.2) is 0 Å². The molecular weight excluding hydrogens is 248 g/mol. The van der Waals surface area contributed by atoms with Crippen LogP contribution in [0.25, 0.3) is 0 Å². The van der Waals surface area contributed by atoms with Gasteiger partial charge < -0.3 is 4.74 Å². The second kappa shape index (κ2) is 6.33. The van der Waals surface area contributed by atoms with Crippen LogP contribution in [-0.2, 0) is 4.74 Å². The molecule has 1 spiro atoms. The van der Waals surface area contributed by atoms with Gasteiger partial charge in [0.2, 0.25) is 0 Å². The summed E-state index contributed by atoms with van der Waals surface area (Å²) in [6, 6.07) is 0.436. The lowest BCUT2D eigenvalue weighted by Gasteiger charge is -2.42. The molecular formula is C17H34N2O. The fourth-order valence-electron chi connectivity index (χ4n) is 3.91. The van der Waals surface area contributed by atoms with E-state index in [0.29, 0.717) is 23.3 Å². The van der Waals surface area contributed by atoms with Gasteiger partial charge in [-0.25, -0.2) is 0 Å². The predicted octanol–water partition coefficient (Wildman–Crippen LogP) is 3.63. The molecule has 2 rings (SSSR count). The Morgan fingerprint density at radius 1 is 1.30 bits per heavy atom. The van der Waals surface area contributed by atoms with Crippen molar-refractivity contribution in [1.82, 2.24) is 5.43 Å². The lowest BCUT2D eigenvalue weighted by Crippen LogP contribution is -2.49. The van der Waals surface area contributed by atoms with Crippen molar-refractivity contribution in [2.75, 3.05) is 6.61 Å². The number of hydrogen-bond acceptors (Lipinski definition) is 3. The third kappa shape index (κ3) is 3.75.